The lowest BCUT2D eigenvalue weighted by molar-refractivity contribution is 0.0636. The Morgan fingerprint density at radius 3 is 2.31 bits per heavy atom. The van der Waals surface area contributed by atoms with E-state index in [1.54, 1.807) is 0 Å². The smallest absolute Gasteiger partial charge is 0.412 e. The van der Waals surface area contributed by atoms with Crippen molar-refractivity contribution < 1.29 is 9.53 Å². The lowest BCUT2D eigenvalue weighted by Gasteiger charge is -2.19. The number of alkyl halides is 1. The molecule has 0 fully saturated rings. The SMILES string of the molecule is CC(C)(C)OC(=O)Nc1ccc(CBr)cc1. The highest BCUT2D eigenvalue weighted by Crippen LogP contribution is 2.14. The number of carbonyl (C=O) groups is 1. The van der Waals surface area contributed by atoms with Crippen LogP contribution in [0.5, 0.6) is 0 Å². The predicted molar refractivity (Wildman–Crippen MR) is 68.9 cm³/mol. The van der Waals surface area contributed by atoms with Gasteiger partial charge >= 0.3 is 6.09 Å². The Morgan fingerprint density at radius 1 is 1.31 bits per heavy atom. The summed E-state index contributed by atoms with van der Waals surface area (Å²) in [5.41, 5.74) is 1.42. The lowest BCUT2D eigenvalue weighted by Crippen LogP contribution is -2.27. The van der Waals surface area contributed by atoms with Gasteiger partial charge in [-0.15, -0.1) is 0 Å². The third-order valence-electron chi connectivity index (χ3n) is 1.75. The first-order chi connectivity index (χ1) is 7.40. The van der Waals surface area contributed by atoms with Gasteiger partial charge in [-0.3, -0.25) is 5.32 Å². The van der Waals surface area contributed by atoms with E-state index in [1.807, 2.05) is 45.0 Å². The molecule has 0 aliphatic heterocycles. The summed E-state index contributed by atoms with van der Waals surface area (Å²) in [6, 6.07) is 7.59. The van der Waals surface area contributed by atoms with Crippen LogP contribution in [0, 0.1) is 0 Å². The Labute approximate surface area is 104 Å². The van der Waals surface area contributed by atoms with Crippen molar-refractivity contribution in [3.63, 3.8) is 0 Å². The molecular formula is C12H16BrNO2. The number of halogens is 1. The molecule has 0 atom stereocenters. The van der Waals surface area contributed by atoms with Crippen molar-refractivity contribution in [2.24, 2.45) is 0 Å². The molecule has 16 heavy (non-hydrogen) atoms. The van der Waals surface area contributed by atoms with Gasteiger partial charge in [0.15, 0.2) is 0 Å². The van der Waals surface area contributed by atoms with Crippen LogP contribution < -0.4 is 5.32 Å². The molecule has 0 unspecified atom stereocenters. The molecule has 0 spiro atoms. The molecule has 88 valence electrons. The number of amides is 1. The quantitative estimate of drug-likeness (QED) is 0.836. The molecule has 1 aromatic carbocycles. The van der Waals surface area contributed by atoms with E-state index in [0.29, 0.717) is 0 Å². The lowest BCUT2D eigenvalue weighted by atomic mass is 10.2. The summed E-state index contributed by atoms with van der Waals surface area (Å²) in [7, 11) is 0. The molecule has 0 radical (unpaired) electrons. The molecule has 1 amide bonds. The molecule has 4 heteroatoms. The third-order valence-corrected chi connectivity index (χ3v) is 2.40. The normalized spacial score (nSPS) is 11.0. The van der Waals surface area contributed by atoms with Gasteiger partial charge in [-0.05, 0) is 38.5 Å². The maximum absolute atomic E-state index is 11.4. The molecule has 3 nitrogen and oxygen atoms in total. The molecule has 1 rings (SSSR count). The van der Waals surface area contributed by atoms with Crippen molar-refractivity contribution in [3.05, 3.63) is 29.8 Å². The number of hydrogen-bond donors (Lipinski definition) is 1. The molecule has 0 heterocycles. The van der Waals surface area contributed by atoms with E-state index in [-0.39, 0.29) is 0 Å². The summed E-state index contributed by atoms with van der Waals surface area (Å²) in [5.74, 6) is 0. The third kappa shape index (κ3) is 4.66. The Balaban J connectivity index is 2.56. The molecule has 0 aliphatic rings. The van der Waals surface area contributed by atoms with Crippen molar-refractivity contribution >= 4 is 27.7 Å². The van der Waals surface area contributed by atoms with Crippen molar-refractivity contribution in [2.75, 3.05) is 5.32 Å². The van der Waals surface area contributed by atoms with Crippen LogP contribution in [-0.4, -0.2) is 11.7 Å². The molecule has 1 N–H and O–H groups in total. The topological polar surface area (TPSA) is 38.3 Å². The molecule has 1 aromatic rings. The van der Waals surface area contributed by atoms with Gasteiger partial charge in [-0.2, -0.15) is 0 Å². The van der Waals surface area contributed by atoms with Gasteiger partial charge in [0, 0.05) is 11.0 Å². The number of ether oxygens (including phenoxy) is 1. The van der Waals surface area contributed by atoms with Gasteiger partial charge in [-0.1, -0.05) is 28.1 Å². The Bertz CT molecular complexity index is 354. The monoisotopic (exact) mass is 285 g/mol. The van der Waals surface area contributed by atoms with E-state index in [4.69, 9.17) is 4.74 Å². The minimum atomic E-state index is -0.472. The Hall–Kier alpha value is -1.03. The van der Waals surface area contributed by atoms with Crippen LogP contribution in [0.2, 0.25) is 0 Å². The molecule has 0 aliphatic carbocycles. The zero-order valence-corrected chi connectivity index (χ0v) is 11.3. The largest absolute Gasteiger partial charge is 0.444 e. The van der Waals surface area contributed by atoms with Gasteiger partial charge < -0.3 is 4.74 Å². The molecule has 0 bridgehead atoms. The summed E-state index contributed by atoms with van der Waals surface area (Å²) in [4.78, 5) is 11.4. The minimum Gasteiger partial charge on any atom is -0.444 e. The van der Waals surface area contributed by atoms with E-state index < -0.39 is 11.7 Å². The van der Waals surface area contributed by atoms with Gasteiger partial charge in [0.25, 0.3) is 0 Å². The van der Waals surface area contributed by atoms with E-state index >= 15 is 0 Å². The zero-order chi connectivity index (χ0) is 12.2. The van der Waals surface area contributed by atoms with Gasteiger partial charge in [-0.25, -0.2) is 4.79 Å². The van der Waals surface area contributed by atoms with Crippen LogP contribution in [0.3, 0.4) is 0 Å². The van der Waals surface area contributed by atoms with Crippen LogP contribution in [0.4, 0.5) is 10.5 Å². The van der Waals surface area contributed by atoms with Gasteiger partial charge in [0.05, 0.1) is 0 Å². The average molecular weight is 286 g/mol. The van der Waals surface area contributed by atoms with Crippen LogP contribution in [0.1, 0.15) is 26.3 Å². The molecular weight excluding hydrogens is 270 g/mol. The maximum atomic E-state index is 11.4. The Kier molecular flexibility index (Phi) is 4.35. The highest BCUT2D eigenvalue weighted by atomic mass is 79.9. The van der Waals surface area contributed by atoms with Crippen LogP contribution >= 0.6 is 15.9 Å². The fraction of sp³-hybridized carbons (Fsp3) is 0.417. The summed E-state index contributed by atoms with van der Waals surface area (Å²) in [6.45, 7) is 5.50. The zero-order valence-electron chi connectivity index (χ0n) is 9.71. The van der Waals surface area contributed by atoms with Crippen molar-refractivity contribution in [1.82, 2.24) is 0 Å². The summed E-state index contributed by atoms with van der Waals surface area (Å²) in [5, 5.41) is 3.48. The first-order valence-corrected chi connectivity index (χ1v) is 6.18. The van der Waals surface area contributed by atoms with E-state index in [1.165, 1.54) is 0 Å². The van der Waals surface area contributed by atoms with Crippen LogP contribution in [0.25, 0.3) is 0 Å². The standard InChI is InChI=1S/C12H16BrNO2/c1-12(2,3)16-11(15)14-10-6-4-9(8-13)5-7-10/h4-7H,8H2,1-3H3,(H,14,15). The van der Waals surface area contributed by atoms with E-state index in [2.05, 4.69) is 21.2 Å². The molecule has 0 saturated carbocycles. The fourth-order valence-electron chi connectivity index (χ4n) is 1.10. The number of hydrogen-bond acceptors (Lipinski definition) is 2. The fourth-order valence-corrected chi connectivity index (χ4v) is 1.47. The summed E-state index contributed by atoms with van der Waals surface area (Å²) < 4.78 is 5.14. The number of rotatable bonds is 2. The van der Waals surface area contributed by atoms with Crippen molar-refractivity contribution in [2.45, 2.75) is 31.7 Å². The Morgan fingerprint density at radius 2 is 1.88 bits per heavy atom. The van der Waals surface area contributed by atoms with Crippen molar-refractivity contribution in [1.29, 1.82) is 0 Å². The number of anilines is 1. The first-order valence-electron chi connectivity index (χ1n) is 5.05. The first kappa shape index (κ1) is 13.0. The molecule has 0 aromatic heterocycles. The number of carbonyl (C=O) groups excluding carboxylic acids is 1. The number of nitrogens with one attached hydrogen (secondary N) is 1. The second-order valence-electron chi connectivity index (χ2n) is 4.46. The second-order valence-corrected chi connectivity index (χ2v) is 5.02. The van der Waals surface area contributed by atoms with Gasteiger partial charge in [0.2, 0.25) is 0 Å². The molecule has 0 saturated heterocycles. The average Bonchev–Trinajstić information content (AvgIpc) is 2.16. The van der Waals surface area contributed by atoms with Gasteiger partial charge in [0.1, 0.15) is 5.60 Å². The van der Waals surface area contributed by atoms with Crippen molar-refractivity contribution in [3.8, 4) is 0 Å². The minimum absolute atomic E-state index is 0.431. The highest BCUT2D eigenvalue weighted by Gasteiger charge is 2.15. The number of benzene rings is 1. The summed E-state index contributed by atoms with van der Waals surface area (Å²) >= 11 is 3.36. The highest BCUT2D eigenvalue weighted by molar-refractivity contribution is 9.08. The van der Waals surface area contributed by atoms with E-state index in [9.17, 15) is 4.79 Å². The summed E-state index contributed by atoms with van der Waals surface area (Å²) in [6.07, 6.45) is -0.431. The maximum Gasteiger partial charge on any atom is 0.412 e. The second kappa shape index (κ2) is 5.34. The van der Waals surface area contributed by atoms with Crippen LogP contribution in [0.15, 0.2) is 24.3 Å². The van der Waals surface area contributed by atoms with E-state index in [0.717, 1.165) is 16.6 Å². The predicted octanol–water partition coefficient (Wildman–Crippen LogP) is 3.93. The van der Waals surface area contributed by atoms with Crippen LogP contribution in [-0.2, 0) is 10.1 Å².